The standard InChI is InChI=1S/C15H25NOS/c1-11-7-6-8-12(2)15(11)17-9-13(3)16-14(4)10-18-5/h6-8,13-14,16H,9-10H2,1-5H3/t13-,14+/m0/s1. The number of ether oxygens (including phenoxy) is 1. The van der Waals surface area contributed by atoms with Crippen molar-refractivity contribution in [1.82, 2.24) is 5.32 Å². The van der Waals surface area contributed by atoms with E-state index in [2.05, 4.69) is 57.5 Å². The molecule has 0 heterocycles. The molecule has 1 N–H and O–H groups in total. The van der Waals surface area contributed by atoms with Gasteiger partial charge in [0.2, 0.25) is 0 Å². The molecule has 18 heavy (non-hydrogen) atoms. The summed E-state index contributed by atoms with van der Waals surface area (Å²) in [4.78, 5) is 0. The van der Waals surface area contributed by atoms with E-state index in [9.17, 15) is 0 Å². The molecule has 0 radical (unpaired) electrons. The van der Waals surface area contributed by atoms with Crippen molar-refractivity contribution >= 4 is 11.8 Å². The number of hydrogen-bond donors (Lipinski definition) is 1. The maximum Gasteiger partial charge on any atom is 0.125 e. The molecule has 0 bridgehead atoms. The first-order chi connectivity index (χ1) is 8.54. The molecule has 0 saturated carbocycles. The minimum atomic E-state index is 0.367. The highest BCUT2D eigenvalue weighted by Gasteiger charge is 2.09. The number of aryl methyl sites for hydroxylation is 2. The molecule has 102 valence electrons. The fraction of sp³-hybridized carbons (Fsp3) is 0.600. The van der Waals surface area contributed by atoms with E-state index in [-0.39, 0.29) is 0 Å². The molecule has 0 spiro atoms. The third-order valence-electron chi connectivity index (χ3n) is 2.87. The fourth-order valence-corrected chi connectivity index (χ4v) is 2.66. The summed E-state index contributed by atoms with van der Waals surface area (Å²) in [5.41, 5.74) is 2.42. The van der Waals surface area contributed by atoms with Gasteiger partial charge in [-0.15, -0.1) is 0 Å². The normalized spacial score (nSPS) is 14.3. The third kappa shape index (κ3) is 4.91. The first-order valence-corrected chi connectivity index (χ1v) is 7.88. The highest BCUT2D eigenvalue weighted by atomic mass is 32.2. The van der Waals surface area contributed by atoms with Crippen LogP contribution in [-0.2, 0) is 0 Å². The molecule has 1 aromatic rings. The number of thioether (sulfide) groups is 1. The van der Waals surface area contributed by atoms with Gasteiger partial charge in [0.25, 0.3) is 0 Å². The van der Waals surface area contributed by atoms with Gasteiger partial charge in [0.15, 0.2) is 0 Å². The van der Waals surface area contributed by atoms with Crippen molar-refractivity contribution in [1.29, 1.82) is 0 Å². The largest absolute Gasteiger partial charge is 0.491 e. The SMILES string of the molecule is CSC[C@@H](C)N[C@@H](C)COc1c(C)cccc1C. The zero-order valence-corrected chi connectivity index (χ0v) is 12.9. The lowest BCUT2D eigenvalue weighted by atomic mass is 10.1. The second-order valence-electron chi connectivity index (χ2n) is 4.96. The van der Waals surface area contributed by atoms with Crippen LogP contribution in [0, 0.1) is 13.8 Å². The highest BCUT2D eigenvalue weighted by Crippen LogP contribution is 2.22. The van der Waals surface area contributed by atoms with Crippen LogP contribution in [0.1, 0.15) is 25.0 Å². The van der Waals surface area contributed by atoms with Gasteiger partial charge in [0, 0.05) is 17.8 Å². The summed E-state index contributed by atoms with van der Waals surface area (Å²) < 4.78 is 5.94. The van der Waals surface area contributed by atoms with Crippen LogP contribution in [0.15, 0.2) is 18.2 Å². The highest BCUT2D eigenvalue weighted by molar-refractivity contribution is 7.98. The van der Waals surface area contributed by atoms with Crippen molar-refractivity contribution in [2.75, 3.05) is 18.6 Å². The molecule has 1 rings (SSSR count). The minimum Gasteiger partial charge on any atom is -0.491 e. The first kappa shape index (κ1) is 15.4. The predicted octanol–water partition coefficient (Wildman–Crippen LogP) is 3.41. The van der Waals surface area contributed by atoms with Gasteiger partial charge in [-0.3, -0.25) is 0 Å². The van der Waals surface area contributed by atoms with Gasteiger partial charge in [-0.1, -0.05) is 18.2 Å². The van der Waals surface area contributed by atoms with E-state index in [1.807, 2.05) is 11.8 Å². The average Bonchev–Trinajstić information content (AvgIpc) is 2.28. The molecular weight excluding hydrogens is 242 g/mol. The van der Waals surface area contributed by atoms with Crippen LogP contribution in [0.4, 0.5) is 0 Å². The lowest BCUT2D eigenvalue weighted by Crippen LogP contribution is -2.39. The molecule has 0 saturated heterocycles. The van der Waals surface area contributed by atoms with Crippen LogP contribution in [-0.4, -0.2) is 30.7 Å². The van der Waals surface area contributed by atoms with Crippen LogP contribution in [0.25, 0.3) is 0 Å². The van der Waals surface area contributed by atoms with E-state index in [0.29, 0.717) is 18.7 Å². The lowest BCUT2D eigenvalue weighted by Gasteiger charge is -2.21. The van der Waals surface area contributed by atoms with Crippen LogP contribution < -0.4 is 10.1 Å². The van der Waals surface area contributed by atoms with Gasteiger partial charge in [-0.25, -0.2) is 0 Å². The Kier molecular flexibility index (Phi) is 6.58. The van der Waals surface area contributed by atoms with Crippen molar-refractivity contribution < 1.29 is 4.74 Å². The Bertz CT molecular complexity index is 347. The van der Waals surface area contributed by atoms with E-state index < -0.39 is 0 Å². The number of rotatable bonds is 7. The Labute approximate surface area is 116 Å². The summed E-state index contributed by atoms with van der Waals surface area (Å²) in [6, 6.07) is 7.15. The fourth-order valence-electron chi connectivity index (χ4n) is 2.07. The molecule has 2 atom stereocenters. The van der Waals surface area contributed by atoms with Crippen LogP contribution in [0.3, 0.4) is 0 Å². The quantitative estimate of drug-likeness (QED) is 0.818. The van der Waals surface area contributed by atoms with Gasteiger partial charge in [0.05, 0.1) is 0 Å². The van der Waals surface area contributed by atoms with E-state index in [1.54, 1.807) is 0 Å². The molecule has 0 unspecified atom stereocenters. The lowest BCUT2D eigenvalue weighted by molar-refractivity contribution is 0.263. The summed E-state index contributed by atoms with van der Waals surface area (Å²) in [5, 5.41) is 3.54. The monoisotopic (exact) mass is 267 g/mol. The third-order valence-corrected chi connectivity index (χ3v) is 3.71. The summed E-state index contributed by atoms with van der Waals surface area (Å²) in [6.07, 6.45) is 2.13. The number of nitrogens with one attached hydrogen (secondary N) is 1. The molecule has 0 aliphatic heterocycles. The average molecular weight is 267 g/mol. The van der Waals surface area contributed by atoms with E-state index in [4.69, 9.17) is 4.74 Å². The molecule has 0 aliphatic carbocycles. The molecular formula is C15H25NOS. The van der Waals surface area contributed by atoms with Gasteiger partial charge in [-0.2, -0.15) is 11.8 Å². The molecule has 0 aliphatic rings. The number of benzene rings is 1. The summed E-state index contributed by atoms with van der Waals surface area (Å²) in [7, 11) is 0. The van der Waals surface area contributed by atoms with Gasteiger partial charge in [0.1, 0.15) is 12.4 Å². The summed E-state index contributed by atoms with van der Waals surface area (Å²) >= 11 is 1.87. The Hall–Kier alpha value is -0.670. The molecule has 0 aromatic heterocycles. The smallest absolute Gasteiger partial charge is 0.125 e. The second-order valence-corrected chi connectivity index (χ2v) is 5.87. The molecule has 0 fully saturated rings. The zero-order valence-electron chi connectivity index (χ0n) is 12.1. The van der Waals surface area contributed by atoms with Crippen molar-refractivity contribution in [3.8, 4) is 5.75 Å². The predicted molar refractivity (Wildman–Crippen MR) is 81.9 cm³/mol. The Balaban J connectivity index is 2.45. The van der Waals surface area contributed by atoms with E-state index in [1.165, 1.54) is 11.1 Å². The van der Waals surface area contributed by atoms with E-state index in [0.717, 1.165) is 11.5 Å². The van der Waals surface area contributed by atoms with Crippen LogP contribution in [0.2, 0.25) is 0 Å². The first-order valence-electron chi connectivity index (χ1n) is 6.48. The Morgan fingerprint density at radius 2 is 1.78 bits per heavy atom. The maximum absolute atomic E-state index is 5.94. The van der Waals surface area contributed by atoms with Crippen molar-refractivity contribution in [3.63, 3.8) is 0 Å². The van der Waals surface area contributed by atoms with Crippen molar-refractivity contribution in [2.24, 2.45) is 0 Å². The van der Waals surface area contributed by atoms with Crippen molar-refractivity contribution in [3.05, 3.63) is 29.3 Å². The molecule has 0 amide bonds. The van der Waals surface area contributed by atoms with Gasteiger partial charge >= 0.3 is 0 Å². The van der Waals surface area contributed by atoms with Gasteiger partial charge in [-0.05, 0) is 45.1 Å². The molecule has 3 heteroatoms. The number of hydrogen-bond acceptors (Lipinski definition) is 3. The zero-order chi connectivity index (χ0) is 13.5. The molecule has 1 aromatic carbocycles. The number of para-hydroxylation sites is 1. The van der Waals surface area contributed by atoms with Crippen LogP contribution >= 0.6 is 11.8 Å². The summed E-state index contributed by atoms with van der Waals surface area (Å²) in [6.45, 7) is 9.29. The Morgan fingerprint density at radius 1 is 1.17 bits per heavy atom. The van der Waals surface area contributed by atoms with Crippen molar-refractivity contribution in [2.45, 2.75) is 39.8 Å². The summed E-state index contributed by atoms with van der Waals surface area (Å²) in [5.74, 6) is 2.16. The minimum absolute atomic E-state index is 0.367. The topological polar surface area (TPSA) is 21.3 Å². The second kappa shape index (κ2) is 7.70. The van der Waals surface area contributed by atoms with E-state index >= 15 is 0 Å². The maximum atomic E-state index is 5.94. The van der Waals surface area contributed by atoms with Crippen LogP contribution in [0.5, 0.6) is 5.75 Å². The van der Waals surface area contributed by atoms with Gasteiger partial charge < -0.3 is 10.1 Å². The Morgan fingerprint density at radius 3 is 2.33 bits per heavy atom. The molecule has 2 nitrogen and oxygen atoms in total.